The zero-order valence-electron chi connectivity index (χ0n) is 31.8. The Bertz CT molecular complexity index is 3840. The summed E-state index contributed by atoms with van der Waals surface area (Å²) in [6, 6.07) is 62.0. The Morgan fingerprint density at radius 1 is 0.383 bits per heavy atom. The normalized spacial score (nSPS) is 12.0. The van der Waals surface area contributed by atoms with Gasteiger partial charge in [0, 0.05) is 49.0 Å². The minimum absolute atomic E-state index is 0.503. The van der Waals surface area contributed by atoms with E-state index in [1.54, 1.807) is 0 Å². The van der Waals surface area contributed by atoms with Crippen molar-refractivity contribution in [3.05, 3.63) is 182 Å². The summed E-state index contributed by atoms with van der Waals surface area (Å²) in [4.78, 5) is 20.9. The van der Waals surface area contributed by atoms with Crippen LogP contribution >= 0.6 is 0 Å². The number of benzene rings is 8. The molecule has 0 unspecified atom stereocenters. The summed E-state index contributed by atoms with van der Waals surface area (Å²) < 4.78 is 17.6. The van der Waals surface area contributed by atoms with Gasteiger partial charge < -0.3 is 13.4 Å². The van der Waals surface area contributed by atoms with Crippen molar-refractivity contribution in [2.45, 2.75) is 0 Å². The molecule has 8 nitrogen and oxygen atoms in total. The van der Waals surface area contributed by atoms with Gasteiger partial charge in [-0.25, -0.2) is 9.97 Å². The molecule has 0 aliphatic carbocycles. The molecule has 0 amide bonds. The molecule has 0 radical (unpaired) electrons. The van der Waals surface area contributed by atoms with E-state index in [0.717, 1.165) is 93.4 Å². The standard InChI is InChI=1S/C52H30N6O2/c1-3-15-31(16-4-1)49-54-50(38-22-13-28-44-45(38)37-21-9-12-27-43(37)59-44)56-52(55-49)58-41-25-11-8-20-34(41)36-30-29-35-33-19-7-10-24-40(33)57(46(35)47(36)58)42-26-14-23-39-48(42)60-51(53-39)32-17-5-2-6-18-32/h1-30H. The molecule has 0 aliphatic rings. The molecular formula is C52H30N6O2. The summed E-state index contributed by atoms with van der Waals surface area (Å²) in [5, 5.41) is 6.33. The largest absolute Gasteiger partial charge is 0.456 e. The Hall–Kier alpha value is -8.36. The second kappa shape index (κ2) is 12.6. The van der Waals surface area contributed by atoms with Gasteiger partial charge in [-0.2, -0.15) is 9.97 Å². The third kappa shape index (κ3) is 4.73. The maximum absolute atomic E-state index is 6.70. The van der Waals surface area contributed by atoms with E-state index in [1.165, 1.54) is 0 Å². The van der Waals surface area contributed by atoms with Crippen molar-refractivity contribution < 1.29 is 8.83 Å². The van der Waals surface area contributed by atoms with Crippen LogP contribution in [-0.4, -0.2) is 29.1 Å². The predicted octanol–water partition coefficient (Wildman–Crippen LogP) is 13.1. The predicted molar refractivity (Wildman–Crippen MR) is 240 cm³/mol. The van der Waals surface area contributed by atoms with Gasteiger partial charge in [-0.05, 0) is 48.5 Å². The molecule has 0 fully saturated rings. The van der Waals surface area contributed by atoms with E-state index in [1.807, 2.05) is 97.1 Å². The fourth-order valence-corrected chi connectivity index (χ4v) is 9.04. The van der Waals surface area contributed by atoms with Crippen LogP contribution in [0.4, 0.5) is 0 Å². The van der Waals surface area contributed by atoms with E-state index >= 15 is 0 Å². The van der Waals surface area contributed by atoms with Crippen LogP contribution in [0.3, 0.4) is 0 Å². The zero-order valence-corrected chi connectivity index (χ0v) is 31.8. The van der Waals surface area contributed by atoms with Crippen molar-refractivity contribution >= 4 is 76.6 Å². The second-order valence-corrected chi connectivity index (χ2v) is 15.0. The average molecular weight is 771 g/mol. The summed E-state index contributed by atoms with van der Waals surface area (Å²) in [5.74, 6) is 2.20. The first kappa shape index (κ1) is 32.7. The molecule has 280 valence electrons. The molecule has 0 saturated heterocycles. The highest BCUT2D eigenvalue weighted by Crippen LogP contribution is 2.43. The summed E-state index contributed by atoms with van der Waals surface area (Å²) in [5.41, 5.74) is 10.6. The molecule has 13 rings (SSSR count). The van der Waals surface area contributed by atoms with E-state index in [0.29, 0.717) is 29.1 Å². The van der Waals surface area contributed by atoms with E-state index in [4.69, 9.17) is 28.8 Å². The van der Waals surface area contributed by atoms with Crippen molar-refractivity contribution in [3.8, 4) is 45.9 Å². The highest BCUT2D eigenvalue weighted by molar-refractivity contribution is 6.24. The van der Waals surface area contributed by atoms with Crippen molar-refractivity contribution in [2.24, 2.45) is 0 Å². The maximum Gasteiger partial charge on any atom is 0.238 e. The molecule has 13 aromatic rings. The summed E-state index contributed by atoms with van der Waals surface area (Å²) >= 11 is 0. The zero-order chi connectivity index (χ0) is 39.3. The fraction of sp³-hybridized carbons (Fsp3) is 0. The van der Waals surface area contributed by atoms with Crippen LogP contribution in [0.2, 0.25) is 0 Å². The van der Waals surface area contributed by atoms with Crippen LogP contribution in [0.5, 0.6) is 0 Å². The van der Waals surface area contributed by atoms with E-state index < -0.39 is 0 Å². The summed E-state index contributed by atoms with van der Waals surface area (Å²) in [7, 11) is 0. The van der Waals surface area contributed by atoms with Crippen LogP contribution in [0.25, 0.3) is 123 Å². The van der Waals surface area contributed by atoms with Gasteiger partial charge in [-0.15, -0.1) is 0 Å². The molecule has 0 spiro atoms. The van der Waals surface area contributed by atoms with Crippen LogP contribution in [0.1, 0.15) is 0 Å². The van der Waals surface area contributed by atoms with Gasteiger partial charge in [0.2, 0.25) is 11.8 Å². The van der Waals surface area contributed by atoms with E-state index in [9.17, 15) is 0 Å². The molecule has 0 N–H and O–H groups in total. The molecule has 8 heteroatoms. The molecular weight excluding hydrogens is 741 g/mol. The lowest BCUT2D eigenvalue weighted by Gasteiger charge is -2.13. The lowest BCUT2D eigenvalue weighted by molar-refractivity contribution is 0.618. The van der Waals surface area contributed by atoms with Crippen LogP contribution in [0.15, 0.2) is 191 Å². The Morgan fingerprint density at radius 3 is 1.75 bits per heavy atom. The number of rotatable bonds is 5. The lowest BCUT2D eigenvalue weighted by Crippen LogP contribution is -2.07. The molecule has 5 heterocycles. The molecule has 0 bridgehead atoms. The third-order valence-electron chi connectivity index (χ3n) is 11.6. The minimum atomic E-state index is 0.503. The highest BCUT2D eigenvalue weighted by atomic mass is 16.3. The average Bonchev–Trinajstić information content (AvgIpc) is 4.09. The first-order valence-corrected chi connectivity index (χ1v) is 19.9. The molecule has 0 saturated carbocycles. The van der Waals surface area contributed by atoms with Crippen molar-refractivity contribution in [1.29, 1.82) is 0 Å². The number of fused-ring (bicyclic) bond motifs is 11. The van der Waals surface area contributed by atoms with E-state index in [2.05, 4.69) is 94.1 Å². The molecule has 0 atom stereocenters. The van der Waals surface area contributed by atoms with Gasteiger partial charge in [-0.3, -0.25) is 4.57 Å². The Balaban J connectivity index is 1.17. The number of furan rings is 1. The number of aromatic nitrogens is 6. The highest BCUT2D eigenvalue weighted by Gasteiger charge is 2.25. The fourth-order valence-electron chi connectivity index (χ4n) is 9.04. The Labute approximate surface area is 341 Å². The lowest BCUT2D eigenvalue weighted by atomic mass is 10.1. The minimum Gasteiger partial charge on any atom is -0.456 e. The van der Waals surface area contributed by atoms with Crippen molar-refractivity contribution in [3.63, 3.8) is 0 Å². The van der Waals surface area contributed by atoms with E-state index in [-0.39, 0.29) is 0 Å². The molecule has 8 aromatic carbocycles. The molecule has 60 heavy (non-hydrogen) atoms. The second-order valence-electron chi connectivity index (χ2n) is 15.0. The first-order valence-electron chi connectivity index (χ1n) is 19.9. The van der Waals surface area contributed by atoms with Gasteiger partial charge in [0.25, 0.3) is 0 Å². The van der Waals surface area contributed by atoms with Crippen molar-refractivity contribution in [1.82, 2.24) is 29.1 Å². The first-order chi connectivity index (χ1) is 29.8. The topological polar surface area (TPSA) is 87.7 Å². The van der Waals surface area contributed by atoms with Gasteiger partial charge in [0.1, 0.15) is 16.7 Å². The van der Waals surface area contributed by atoms with Gasteiger partial charge in [-0.1, -0.05) is 133 Å². The smallest absolute Gasteiger partial charge is 0.238 e. The molecule has 0 aliphatic heterocycles. The number of hydrogen-bond donors (Lipinski definition) is 0. The maximum atomic E-state index is 6.70. The molecule has 5 aromatic heterocycles. The Morgan fingerprint density at radius 2 is 0.983 bits per heavy atom. The SMILES string of the molecule is c1ccc(-c2nc(-c3cccc4oc5ccccc5c34)nc(-n3c4ccccc4c4ccc5c6ccccc6n(-c6cccc7nc(-c8ccccc8)oc67)c5c43)n2)cc1. The number of oxazole rings is 1. The number of para-hydroxylation sites is 4. The quantitative estimate of drug-likeness (QED) is 0.173. The Kier molecular flexibility index (Phi) is 6.85. The van der Waals surface area contributed by atoms with Gasteiger partial charge in [0.15, 0.2) is 17.2 Å². The van der Waals surface area contributed by atoms with Crippen LogP contribution < -0.4 is 0 Å². The monoisotopic (exact) mass is 770 g/mol. The number of nitrogens with zero attached hydrogens (tertiary/aromatic N) is 6. The third-order valence-corrected chi connectivity index (χ3v) is 11.6. The summed E-state index contributed by atoms with van der Waals surface area (Å²) in [6.07, 6.45) is 0. The van der Waals surface area contributed by atoms with Crippen molar-refractivity contribution in [2.75, 3.05) is 0 Å². The van der Waals surface area contributed by atoms with Gasteiger partial charge >= 0.3 is 0 Å². The van der Waals surface area contributed by atoms with Crippen LogP contribution in [0, 0.1) is 0 Å². The summed E-state index contributed by atoms with van der Waals surface area (Å²) in [6.45, 7) is 0. The van der Waals surface area contributed by atoms with Crippen LogP contribution in [-0.2, 0) is 0 Å². The van der Waals surface area contributed by atoms with Gasteiger partial charge in [0.05, 0.1) is 27.8 Å². The number of hydrogen-bond acceptors (Lipinski definition) is 6.